The summed E-state index contributed by atoms with van der Waals surface area (Å²) >= 11 is 0. The molecule has 1 unspecified atom stereocenters. The minimum atomic E-state index is -0.429. The first-order valence-electron chi connectivity index (χ1n) is 7.12. The largest absolute Gasteiger partial charge is 0.344 e. The monoisotopic (exact) mass is 291 g/mol. The molecule has 21 heavy (non-hydrogen) atoms. The molecule has 0 spiro atoms. The summed E-state index contributed by atoms with van der Waals surface area (Å²) in [5.41, 5.74) is 0.900. The summed E-state index contributed by atoms with van der Waals surface area (Å²) in [4.78, 5) is 25.2. The normalized spacial score (nSPS) is 27.6. The molecule has 2 N–H and O–H groups in total. The van der Waals surface area contributed by atoms with Crippen LogP contribution in [0.5, 0.6) is 0 Å². The van der Waals surface area contributed by atoms with Crippen molar-refractivity contribution in [3.63, 3.8) is 0 Å². The SMILES string of the molecule is CN1CCC(NC(=O)N[C@@H]2C[C@H]2c2cccc(F)c2)C1=O. The van der Waals surface area contributed by atoms with E-state index in [1.807, 2.05) is 6.07 Å². The second-order valence-corrected chi connectivity index (χ2v) is 5.72. The number of rotatable bonds is 3. The fourth-order valence-electron chi connectivity index (χ4n) is 2.78. The van der Waals surface area contributed by atoms with Crippen LogP contribution in [0, 0.1) is 5.82 Å². The fraction of sp³-hybridized carbons (Fsp3) is 0.467. The Balaban J connectivity index is 1.50. The van der Waals surface area contributed by atoms with Crippen LogP contribution in [0.2, 0.25) is 0 Å². The third-order valence-electron chi connectivity index (χ3n) is 4.12. The highest BCUT2D eigenvalue weighted by atomic mass is 19.1. The third kappa shape index (κ3) is 2.99. The van der Waals surface area contributed by atoms with E-state index in [4.69, 9.17) is 0 Å². The average molecular weight is 291 g/mol. The molecule has 1 saturated carbocycles. The van der Waals surface area contributed by atoms with Gasteiger partial charge < -0.3 is 15.5 Å². The number of carbonyl (C=O) groups excluding carboxylic acids is 2. The van der Waals surface area contributed by atoms with Gasteiger partial charge in [0.1, 0.15) is 11.9 Å². The Bertz CT molecular complexity index is 578. The van der Waals surface area contributed by atoms with Gasteiger partial charge in [0.05, 0.1) is 0 Å². The number of halogens is 1. The summed E-state index contributed by atoms with van der Waals surface area (Å²) in [6.07, 6.45) is 1.44. The van der Waals surface area contributed by atoms with Gasteiger partial charge in [-0.2, -0.15) is 0 Å². The molecular weight excluding hydrogens is 273 g/mol. The summed E-state index contributed by atoms with van der Waals surface area (Å²) < 4.78 is 13.2. The molecule has 1 aliphatic heterocycles. The highest BCUT2D eigenvalue weighted by Crippen LogP contribution is 2.40. The van der Waals surface area contributed by atoms with Gasteiger partial charge in [0.15, 0.2) is 0 Å². The lowest BCUT2D eigenvalue weighted by molar-refractivity contribution is -0.128. The van der Waals surface area contributed by atoms with Crippen molar-refractivity contribution in [3.05, 3.63) is 35.6 Å². The van der Waals surface area contributed by atoms with Gasteiger partial charge in [-0.25, -0.2) is 9.18 Å². The molecule has 0 bridgehead atoms. The second kappa shape index (κ2) is 5.35. The Morgan fingerprint density at radius 2 is 2.19 bits per heavy atom. The zero-order chi connectivity index (χ0) is 15.0. The molecular formula is C15H18FN3O2. The first kappa shape index (κ1) is 13.9. The summed E-state index contributed by atoms with van der Waals surface area (Å²) in [6.45, 7) is 0.666. The summed E-state index contributed by atoms with van der Waals surface area (Å²) in [6, 6.07) is 5.70. The van der Waals surface area contributed by atoms with E-state index in [2.05, 4.69) is 10.6 Å². The van der Waals surface area contributed by atoms with Crippen molar-refractivity contribution in [3.8, 4) is 0 Å². The molecule has 1 heterocycles. The Labute approximate surface area is 122 Å². The van der Waals surface area contributed by atoms with Gasteiger partial charge in [0.25, 0.3) is 0 Å². The summed E-state index contributed by atoms with van der Waals surface area (Å²) in [5, 5.41) is 5.54. The zero-order valence-electron chi connectivity index (χ0n) is 11.8. The zero-order valence-corrected chi connectivity index (χ0v) is 11.8. The van der Waals surface area contributed by atoms with Crippen molar-refractivity contribution < 1.29 is 14.0 Å². The average Bonchev–Trinajstić information content (AvgIpc) is 3.14. The van der Waals surface area contributed by atoms with E-state index in [1.165, 1.54) is 12.1 Å². The van der Waals surface area contributed by atoms with Crippen LogP contribution < -0.4 is 10.6 Å². The molecule has 1 saturated heterocycles. The minimum absolute atomic E-state index is 0.0148. The highest BCUT2D eigenvalue weighted by Gasteiger charge is 2.40. The molecule has 1 aromatic carbocycles. The predicted octanol–water partition coefficient (Wildman–Crippen LogP) is 1.21. The number of nitrogens with one attached hydrogen (secondary N) is 2. The minimum Gasteiger partial charge on any atom is -0.344 e. The smallest absolute Gasteiger partial charge is 0.315 e. The molecule has 2 aliphatic rings. The van der Waals surface area contributed by atoms with E-state index in [1.54, 1.807) is 18.0 Å². The van der Waals surface area contributed by atoms with Crippen molar-refractivity contribution >= 4 is 11.9 Å². The first-order valence-corrected chi connectivity index (χ1v) is 7.12. The number of likely N-dealkylation sites (N-methyl/N-ethyl adjacent to an activating group) is 1. The van der Waals surface area contributed by atoms with E-state index in [9.17, 15) is 14.0 Å². The molecule has 3 rings (SSSR count). The van der Waals surface area contributed by atoms with E-state index >= 15 is 0 Å². The quantitative estimate of drug-likeness (QED) is 0.879. The van der Waals surface area contributed by atoms with Crippen LogP contribution in [0.25, 0.3) is 0 Å². The Hall–Kier alpha value is -2.11. The van der Waals surface area contributed by atoms with Crippen LogP contribution in [-0.4, -0.2) is 42.5 Å². The standard InChI is InChI=1S/C15H18FN3O2/c1-19-6-5-12(14(19)20)17-15(21)18-13-8-11(13)9-3-2-4-10(16)7-9/h2-4,7,11-13H,5-6,8H2,1H3,(H2,17,18,21)/t11-,12?,13+/m0/s1. The van der Waals surface area contributed by atoms with Crippen molar-refractivity contribution in [2.24, 2.45) is 0 Å². The van der Waals surface area contributed by atoms with Gasteiger partial charge in [0, 0.05) is 25.6 Å². The molecule has 112 valence electrons. The Morgan fingerprint density at radius 1 is 1.38 bits per heavy atom. The van der Waals surface area contributed by atoms with E-state index in [0.29, 0.717) is 13.0 Å². The molecule has 3 atom stereocenters. The highest BCUT2D eigenvalue weighted by molar-refractivity contribution is 5.88. The van der Waals surface area contributed by atoms with Crippen molar-refractivity contribution in [2.45, 2.75) is 30.8 Å². The molecule has 0 aromatic heterocycles. The van der Waals surface area contributed by atoms with Gasteiger partial charge in [-0.3, -0.25) is 4.79 Å². The maximum absolute atomic E-state index is 13.2. The van der Waals surface area contributed by atoms with E-state index in [-0.39, 0.29) is 29.7 Å². The number of hydrogen-bond donors (Lipinski definition) is 2. The Morgan fingerprint density at radius 3 is 2.86 bits per heavy atom. The lowest BCUT2D eigenvalue weighted by atomic mass is 10.1. The van der Waals surface area contributed by atoms with Crippen LogP contribution in [0.4, 0.5) is 9.18 Å². The lowest BCUT2D eigenvalue weighted by Crippen LogP contribution is -2.46. The third-order valence-corrected chi connectivity index (χ3v) is 4.12. The molecule has 1 aromatic rings. The number of amides is 3. The van der Waals surface area contributed by atoms with Gasteiger partial charge in [-0.05, 0) is 30.5 Å². The Kier molecular flexibility index (Phi) is 3.53. The predicted molar refractivity (Wildman–Crippen MR) is 75.3 cm³/mol. The van der Waals surface area contributed by atoms with Crippen LogP contribution in [0.15, 0.2) is 24.3 Å². The maximum Gasteiger partial charge on any atom is 0.315 e. The van der Waals surface area contributed by atoms with Crippen LogP contribution in [0.3, 0.4) is 0 Å². The second-order valence-electron chi connectivity index (χ2n) is 5.72. The molecule has 0 radical (unpaired) electrons. The van der Waals surface area contributed by atoms with Crippen LogP contribution in [0.1, 0.15) is 24.3 Å². The lowest BCUT2D eigenvalue weighted by Gasteiger charge is -2.13. The molecule has 6 heteroatoms. The van der Waals surface area contributed by atoms with Crippen LogP contribution in [-0.2, 0) is 4.79 Å². The van der Waals surface area contributed by atoms with Gasteiger partial charge in [-0.1, -0.05) is 12.1 Å². The topological polar surface area (TPSA) is 61.4 Å². The van der Waals surface area contributed by atoms with Crippen molar-refractivity contribution in [1.29, 1.82) is 0 Å². The number of nitrogens with zero attached hydrogens (tertiary/aromatic N) is 1. The number of hydrogen-bond acceptors (Lipinski definition) is 2. The van der Waals surface area contributed by atoms with Crippen LogP contribution >= 0.6 is 0 Å². The first-order chi connectivity index (χ1) is 10.0. The number of benzene rings is 1. The molecule has 2 fully saturated rings. The molecule has 5 nitrogen and oxygen atoms in total. The van der Waals surface area contributed by atoms with Crippen molar-refractivity contribution in [1.82, 2.24) is 15.5 Å². The van der Waals surface area contributed by atoms with Gasteiger partial charge >= 0.3 is 6.03 Å². The summed E-state index contributed by atoms with van der Waals surface area (Å²) in [7, 11) is 1.72. The van der Waals surface area contributed by atoms with Crippen molar-refractivity contribution in [2.75, 3.05) is 13.6 Å². The van der Waals surface area contributed by atoms with Gasteiger partial charge in [0.2, 0.25) is 5.91 Å². The number of likely N-dealkylation sites (tertiary alicyclic amines) is 1. The molecule has 1 aliphatic carbocycles. The molecule has 3 amide bonds. The fourth-order valence-corrected chi connectivity index (χ4v) is 2.78. The summed E-state index contributed by atoms with van der Waals surface area (Å²) in [5.74, 6) is -0.154. The maximum atomic E-state index is 13.2. The number of carbonyl (C=O) groups is 2. The van der Waals surface area contributed by atoms with Gasteiger partial charge in [-0.15, -0.1) is 0 Å². The van der Waals surface area contributed by atoms with E-state index < -0.39 is 6.04 Å². The van der Waals surface area contributed by atoms with E-state index in [0.717, 1.165) is 12.0 Å². The number of urea groups is 1.